The van der Waals surface area contributed by atoms with Gasteiger partial charge in [-0.1, -0.05) is 54.1 Å². The molecule has 1 heterocycles. The summed E-state index contributed by atoms with van der Waals surface area (Å²) in [5.41, 5.74) is 1.84. The van der Waals surface area contributed by atoms with E-state index in [4.69, 9.17) is 0 Å². The van der Waals surface area contributed by atoms with Crippen LogP contribution in [-0.4, -0.2) is 10.8 Å². The fourth-order valence-corrected chi connectivity index (χ4v) is 4.54. The van der Waals surface area contributed by atoms with Crippen molar-refractivity contribution in [2.45, 2.75) is 50.9 Å². The number of benzene rings is 1. The summed E-state index contributed by atoms with van der Waals surface area (Å²) in [6.45, 7) is 5.94. The molecule has 136 valence electrons. The van der Waals surface area contributed by atoms with Gasteiger partial charge in [-0.2, -0.15) is 4.39 Å². The van der Waals surface area contributed by atoms with Gasteiger partial charge in [0.15, 0.2) is 0 Å². The van der Waals surface area contributed by atoms with Crippen molar-refractivity contribution < 1.29 is 9.18 Å². The van der Waals surface area contributed by atoms with Crippen molar-refractivity contribution in [3.63, 3.8) is 0 Å². The smallest absolute Gasteiger partial charge is 0.213 e. The second-order valence-electron chi connectivity index (χ2n) is 7.39. The third-order valence-corrected chi connectivity index (χ3v) is 6.09. The van der Waals surface area contributed by atoms with Crippen LogP contribution in [0.3, 0.4) is 0 Å². The SMILES string of the molecule is CCC(=O)C1(c2ccc(Br)cc2)CC=CC(C)(c2cc(F)ncc2C)C1. The zero-order valence-corrected chi connectivity index (χ0v) is 16.9. The highest BCUT2D eigenvalue weighted by Gasteiger charge is 2.46. The van der Waals surface area contributed by atoms with Gasteiger partial charge in [0.2, 0.25) is 5.95 Å². The first kappa shape index (κ1) is 19.0. The molecule has 0 fully saturated rings. The fourth-order valence-electron chi connectivity index (χ4n) is 4.28. The summed E-state index contributed by atoms with van der Waals surface area (Å²) in [4.78, 5) is 16.9. The van der Waals surface area contributed by atoms with Crippen LogP contribution >= 0.6 is 15.9 Å². The van der Waals surface area contributed by atoms with Crippen molar-refractivity contribution in [1.82, 2.24) is 4.98 Å². The maximum Gasteiger partial charge on any atom is 0.213 e. The Bertz CT molecular complexity index is 861. The van der Waals surface area contributed by atoms with Crippen molar-refractivity contribution in [3.05, 3.63) is 75.8 Å². The minimum absolute atomic E-state index is 0.225. The third-order valence-electron chi connectivity index (χ3n) is 5.56. The monoisotopic (exact) mass is 415 g/mol. The lowest BCUT2D eigenvalue weighted by Gasteiger charge is -2.43. The van der Waals surface area contributed by atoms with E-state index in [9.17, 15) is 9.18 Å². The van der Waals surface area contributed by atoms with Gasteiger partial charge in [-0.05, 0) is 54.7 Å². The van der Waals surface area contributed by atoms with Crippen molar-refractivity contribution in [2.75, 3.05) is 0 Å². The zero-order chi connectivity index (χ0) is 18.9. The summed E-state index contributed by atoms with van der Waals surface area (Å²) in [5, 5.41) is 0. The molecule has 0 radical (unpaired) electrons. The number of Topliss-reactive ketones (excluding diaryl/α,β-unsaturated/α-hetero) is 1. The molecule has 0 amide bonds. The van der Waals surface area contributed by atoms with Gasteiger partial charge in [-0.25, -0.2) is 4.98 Å². The van der Waals surface area contributed by atoms with Crippen LogP contribution in [0.15, 0.2) is 53.2 Å². The van der Waals surface area contributed by atoms with Crippen LogP contribution in [0.4, 0.5) is 4.39 Å². The molecule has 1 aromatic heterocycles. The lowest BCUT2D eigenvalue weighted by molar-refractivity contribution is -0.125. The van der Waals surface area contributed by atoms with Gasteiger partial charge >= 0.3 is 0 Å². The molecule has 0 saturated carbocycles. The number of carbonyl (C=O) groups excluding carboxylic acids is 1. The summed E-state index contributed by atoms with van der Waals surface area (Å²) in [7, 11) is 0. The lowest BCUT2D eigenvalue weighted by atomic mass is 9.59. The minimum Gasteiger partial charge on any atom is -0.299 e. The van der Waals surface area contributed by atoms with Gasteiger partial charge in [-0.15, -0.1) is 0 Å². The van der Waals surface area contributed by atoms with E-state index in [2.05, 4.69) is 40.0 Å². The molecule has 1 aliphatic rings. The molecule has 1 aliphatic carbocycles. The highest BCUT2D eigenvalue weighted by Crippen LogP contribution is 2.48. The Balaban J connectivity index is 2.14. The van der Waals surface area contributed by atoms with Gasteiger partial charge in [0, 0.05) is 22.5 Å². The molecule has 0 aliphatic heterocycles. The van der Waals surface area contributed by atoms with Gasteiger partial charge in [0.05, 0.1) is 5.41 Å². The van der Waals surface area contributed by atoms with E-state index < -0.39 is 16.8 Å². The fraction of sp³-hybridized carbons (Fsp3) is 0.364. The third kappa shape index (κ3) is 3.27. The molecule has 2 aromatic rings. The quantitative estimate of drug-likeness (QED) is 0.465. The van der Waals surface area contributed by atoms with E-state index >= 15 is 0 Å². The Morgan fingerprint density at radius 1 is 1.31 bits per heavy atom. The normalized spacial score (nSPS) is 25.3. The number of aryl methyl sites for hydroxylation is 1. The van der Waals surface area contributed by atoms with Crippen LogP contribution in [-0.2, 0) is 15.6 Å². The first-order chi connectivity index (χ1) is 12.3. The Labute approximate surface area is 162 Å². The molecule has 26 heavy (non-hydrogen) atoms. The molecular formula is C22H23BrFNO. The number of rotatable bonds is 4. The predicted molar refractivity (Wildman–Crippen MR) is 106 cm³/mol. The summed E-state index contributed by atoms with van der Waals surface area (Å²) in [5.74, 6) is -0.260. The number of nitrogens with zero attached hydrogens (tertiary/aromatic N) is 1. The molecule has 0 N–H and O–H groups in total. The van der Waals surface area contributed by atoms with E-state index in [1.54, 1.807) is 6.20 Å². The van der Waals surface area contributed by atoms with Gasteiger partial charge in [0.25, 0.3) is 0 Å². The van der Waals surface area contributed by atoms with Crippen LogP contribution in [0.1, 0.15) is 49.8 Å². The van der Waals surface area contributed by atoms with Crippen molar-refractivity contribution in [2.24, 2.45) is 0 Å². The van der Waals surface area contributed by atoms with Crippen molar-refractivity contribution >= 4 is 21.7 Å². The summed E-state index contributed by atoms with van der Waals surface area (Å²) in [6, 6.07) is 9.52. The summed E-state index contributed by atoms with van der Waals surface area (Å²) < 4.78 is 14.8. The number of hydrogen-bond acceptors (Lipinski definition) is 2. The largest absolute Gasteiger partial charge is 0.299 e. The maximum absolute atomic E-state index is 13.8. The minimum atomic E-state index is -0.592. The molecule has 4 heteroatoms. The lowest BCUT2D eigenvalue weighted by Crippen LogP contribution is -2.44. The van der Waals surface area contributed by atoms with Crippen LogP contribution in [0, 0.1) is 12.9 Å². The van der Waals surface area contributed by atoms with E-state index in [0.717, 1.165) is 21.2 Å². The standard InChI is InChI=1S/C22H23BrFNO/c1-4-19(26)22(16-6-8-17(23)9-7-16)11-5-10-21(3,14-22)18-12-20(24)25-13-15(18)2/h5-10,12-13H,4,11,14H2,1-3H3. The molecule has 0 bridgehead atoms. The number of carbonyl (C=O) groups is 1. The van der Waals surface area contributed by atoms with Crippen LogP contribution in [0.25, 0.3) is 0 Å². The maximum atomic E-state index is 13.8. The molecular weight excluding hydrogens is 393 g/mol. The summed E-state index contributed by atoms with van der Waals surface area (Å²) >= 11 is 3.47. The first-order valence-corrected chi connectivity index (χ1v) is 9.70. The zero-order valence-electron chi connectivity index (χ0n) is 15.4. The van der Waals surface area contributed by atoms with E-state index in [1.165, 1.54) is 6.07 Å². The molecule has 0 spiro atoms. The van der Waals surface area contributed by atoms with Crippen LogP contribution in [0.5, 0.6) is 0 Å². The molecule has 1 aromatic carbocycles. The molecule has 2 atom stereocenters. The summed E-state index contributed by atoms with van der Waals surface area (Å²) in [6.07, 6.45) is 7.54. The van der Waals surface area contributed by atoms with Gasteiger partial charge in [0.1, 0.15) is 5.78 Å². The Morgan fingerprint density at radius 3 is 2.65 bits per heavy atom. The Morgan fingerprint density at radius 2 is 2.00 bits per heavy atom. The van der Waals surface area contributed by atoms with Gasteiger partial charge < -0.3 is 0 Å². The van der Waals surface area contributed by atoms with Crippen molar-refractivity contribution in [1.29, 1.82) is 0 Å². The number of hydrogen-bond donors (Lipinski definition) is 0. The predicted octanol–water partition coefficient (Wildman–Crippen LogP) is 5.82. The van der Waals surface area contributed by atoms with E-state index in [-0.39, 0.29) is 5.78 Å². The van der Waals surface area contributed by atoms with Crippen LogP contribution < -0.4 is 0 Å². The Hall–Kier alpha value is -1.81. The number of aromatic nitrogens is 1. The van der Waals surface area contributed by atoms with Gasteiger partial charge in [-0.3, -0.25) is 4.79 Å². The molecule has 2 unspecified atom stereocenters. The molecule has 3 rings (SSSR count). The average Bonchev–Trinajstić information content (AvgIpc) is 2.63. The average molecular weight is 416 g/mol. The highest BCUT2D eigenvalue weighted by atomic mass is 79.9. The molecule has 0 saturated heterocycles. The first-order valence-electron chi connectivity index (χ1n) is 8.90. The van der Waals surface area contributed by atoms with E-state index in [1.807, 2.05) is 38.1 Å². The topological polar surface area (TPSA) is 30.0 Å². The molecule has 2 nitrogen and oxygen atoms in total. The van der Waals surface area contributed by atoms with E-state index in [0.29, 0.717) is 19.3 Å². The number of ketones is 1. The highest BCUT2D eigenvalue weighted by molar-refractivity contribution is 9.10. The van der Waals surface area contributed by atoms with Crippen LogP contribution in [0.2, 0.25) is 0 Å². The number of pyridine rings is 1. The van der Waals surface area contributed by atoms with Crippen molar-refractivity contribution in [3.8, 4) is 0 Å². The number of halogens is 2. The second kappa shape index (κ2) is 7.07. The Kier molecular flexibility index (Phi) is 5.16. The number of allylic oxidation sites excluding steroid dienone is 2. The second-order valence-corrected chi connectivity index (χ2v) is 8.30.